The third-order valence-corrected chi connectivity index (χ3v) is 10.6. The van der Waals surface area contributed by atoms with Gasteiger partial charge in [0.1, 0.15) is 12.4 Å². The minimum absolute atomic E-state index is 0.0601. The Morgan fingerprint density at radius 1 is 1.06 bits per heavy atom. The van der Waals surface area contributed by atoms with E-state index in [0.717, 1.165) is 47.1 Å². The zero-order valence-electron chi connectivity index (χ0n) is 18.9. The highest BCUT2D eigenvalue weighted by Crippen LogP contribution is 2.64. The number of carbonyl (C=O) groups excluding carboxylic acids is 1. The van der Waals surface area contributed by atoms with Crippen molar-refractivity contribution in [2.24, 2.45) is 17.8 Å². The van der Waals surface area contributed by atoms with E-state index in [4.69, 9.17) is 0 Å². The molecule has 4 nitrogen and oxygen atoms in total. The van der Waals surface area contributed by atoms with Gasteiger partial charge in [-0.05, 0) is 66.8 Å². The molecule has 2 heterocycles. The molecule has 2 fully saturated rings. The quantitative estimate of drug-likeness (QED) is 0.397. The van der Waals surface area contributed by atoms with Gasteiger partial charge in [0.15, 0.2) is 0 Å². The number of anilines is 1. The second-order valence-corrected chi connectivity index (χ2v) is 11.9. The molecule has 0 unspecified atom stereocenters. The zero-order chi connectivity index (χ0) is 25.2. The zero-order valence-corrected chi connectivity index (χ0v) is 20.6. The summed E-state index contributed by atoms with van der Waals surface area (Å²) in [6, 6.07) is 11.2. The number of halogens is 4. The molecule has 2 aromatic carbocycles. The van der Waals surface area contributed by atoms with Gasteiger partial charge in [0, 0.05) is 16.0 Å². The van der Waals surface area contributed by atoms with E-state index in [1.165, 1.54) is 34.9 Å². The van der Waals surface area contributed by atoms with E-state index in [1.807, 2.05) is 0 Å². The van der Waals surface area contributed by atoms with E-state index in [0.29, 0.717) is 28.0 Å². The van der Waals surface area contributed by atoms with Crippen LogP contribution >= 0.6 is 23.1 Å². The first-order valence-electron chi connectivity index (χ1n) is 11.8. The van der Waals surface area contributed by atoms with Crippen LogP contribution in [0.2, 0.25) is 0 Å². The van der Waals surface area contributed by atoms with E-state index >= 15 is 0 Å². The predicted molar refractivity (Wildman–Crippen MR) is 131 cm³/mol. The molecule has 0 radical (unpaired) electrons. The Morgan fingerprint density at radius 2 is 1.78 bits per heavy atom. The highest BCUT2D eigenvalue weighted by atomic mass is 32.2. The molecule has 1 amide bonds. The summed E-state index contributed by atoms with van der Waals surface area (Å²) in [5.74, 6) is 0.333. The molecule has 2 aliphatic carbocycles. The minimum Gasteiger partial charge on any atom is -0.324 e. The molecule has 188 valence electrons. The Morgan fingerprint density at radius 3 is 2.53 bits per heavy atom. The summed E-state index contributed by atoms with van der Waals surface area (Å²) >= 11 is 2.72. The van der Waals surface area contributed by atoms with E-state index in [2.05, 4.69) is 5.32 Å². The number of amides is 1. The maximum atomic E-state index is 13.7. The number of para-hydroxylation sites is 1. The molecule has 2 saturated carbocycles. The normalized spacial score (nSPS) is 26.5. The molecule has 5 atom stereocenters. The lowest BCUT2D eigenvalue weighted by Gasteiger charge is -2.40. The molecule has 1 aromatic heterocycles. The van der Waals surface area contributed by atoms with Gasteiger partial charge in [-0.1, -0.05) is 35.6 Å². The van der Waals surface area contributed by atoms with Gasteiger partial charge in [0.2, 0.25) is 5.91 Å². The van der Waals surface area contributed by atoms with Crippen LogP contribution in [0.15, 0.2) is 58.4 Å². The molecule has 1 aliphatic heterocycles. The van der Waals surface area contributed by atoms with Crippen LogP contribution in [-0.4, -0.2) is 15.7 Å². The Bertz CT molecular complexity index is 1380. The molecule has 3 aliphatic rings. The topological polar surface area (TPSA) is 51.1 Å². The van der Waals surface area contributed by atoms with Crippen LogP contribution in [0.25, 0.3) is 0 Å². The van der Waals surface area contributed by atoms with Crippen molar-refractivity contribution >= 4 is 34.7 Å². The molecule has 10 heteroatoms. The van der Waals surface area contributed by atoms with Gasteiger partial charge in [-0.15, -0.1) is 11.8 Å². The maximum Gasteiger partial charge on any atom is 0.418 e. The number of hydrogen-bond acceptors (Lipinski definition) is 4. The minimum atomic E-state index is -4.61. The van der Waals surface area contributed by atoms with Gasteiger partial charge >= 0.3 is 11.0 Å². The van der Waals surface area contributed by atoms with E-state index < -0.39 is 17.6 Å². The fraction of sp³-hybridized carbons (Fsp3) is 0.385. The number of nitrogens with zero attached hydrogens (tertiary/aromatic N) is 1. The Hall–Kier alpha value is -2.59. The van der Waals surface area contributed by atoms with Crippen molar-refractivity contribution in [2.45, 2.75) is 48.2 Å². The smallest absolute Gasteiger partial charge is 0.324 e. The van der Waals surface area contributed by atoms with Crippen LogP contribution in [0.4, 0.5) is 23.2 Å². The summed E-state index contributed by atoms with van der Waals surface area (Å²) in [4.78, 5) is 26.5. The molecule has 0 spiro atoms. The van der Waals surface area contributed by atoms with Crippen molar-refractivity contribution in [1.29, 1.82) is 0 Å². The molecule has 36 heavy (non-hydrogen) atoms. The number of nitrogens with one attached hydrogen (secondary N) is 1. The largest absolute Gasteiger partial charge is 0.418 e. The SMILES string of the molecule is O=C(Cn1c2c(sc1=O)[C@@H](c1ccc(F)cc1)[C@@H]1[C@H]3CC[C@@H](C3)[C@H]1S2)Nc1ccccc1C(F)(F)F. The molecule has 0 saturated heterocycles. The van der Waals surface area contributed by atoms with Gasteiger partial charge in [0.25, 0.3) is 0 Å². The number of fused-ring (bicyclic) bond motifs is 6. The number of rotatable bonds is 4. The van der Waals surface area contributed by atoms with Gasteiger partial charge < -0.3 is 5.32 Å². The highest BCUT2D eigenvalue weighted by molar-refractivity contribution is 8.00. The first kappa shape index (κ1) is 23.8. The molecular formula is C26H22F4N2O2S2. The number of carbonyl (C=O) groups is 1. The van der Waals surface area contributed by atoms with Gasteiger partial charge in [-0.3, -0.25) is 14.2 Å². The molecule has 1 N–H and O–H groups in total. The molecule has 6 rings (SSSR count). The average Bonchev–Trinajstić information content (AvgIpc) is 3.52. The van der Waals surface area contributed by atoms with Crippen molar-refractivity contribution in [3.05, 3.63) is 80.0 Å². The monoisotopic (exact) mass is 534 g/mol. The number of thiazole rings is 1. The van der Waals surface area contributed by atoms with Crippen LogP contribution in [0.3, 0.4) is 0 Å². The van der Waals surface area contributed by atoms with E-state index in [9.17, 15) is 27.2 Å². The Balaban J connectivity index is 1.35. The average molecular weight is 535 g/mol. The van der Waals surface area contributed by atoms with Crippen LogP contribution < -0.4 is 10.2 Å². The number of benzene rings is 2. The fourth-order valence-electron chi connectivity index (χ4n) is 6.30. The van der Waals surface area contributed by atoms with Crippen LogP contribution in [0.5, 0.6) is 0 Å². The summed E-state index contributed by atoms with van der Waals surface area (Å²) in [7, 11) is 0. The third kappa shape index (κ3) is 3.98. The predicted octanol–water partition coefficient (Wildman–Crippen LogP) is 6.36. The van der Waals surface area contributed by atoms with Crippen LogP contribution in [0.1, 0.15) is 41.2 Å². The molecule has 3 aromatic rings. The van der Waals surface area contributed by atoms with Crippen LogP contribution in [-0.2, 0) is 17.5 Å². The second-order valence-electron chi connectivity index (χ2n) is 9.74. The number of alkyl halides is 3. The lowest BCUT2D eigenvalue weighted by atomic mass is 9.75. The highest BCUT2D eigenvalue weighted by Gasteiger charge is 2.55. The standard InChI is InChI=1S/C26H22F4N2O2S2/c27-16-9-7-13(8-10-16)20-21-14-5-6-15(11-14)22(21)35-24-23(20)36-25(34)32(24)12-19(33)31-18-4-2-1-3-17(18)26(28,29)30/h1-4,7-10,14-15,20-22H,5-6,11-12H2,(H,31,33)/t14-,15-,20-,21-,22+/m0/s1. The lowest BCUT2D eigenvalue weighted by molar-refractivity contribution is -0.137. The van der Waals surface area contributed by atoms with Crippen LogP contribution in [0, 0.1) is 23.6 Å². The molecular weight excluding hydrogens is 512 g/mol. The van der Waals surface area contributed by atoms with Gasteiger partial charge in [0.05, 0.1) is 16.3 Å². The van der Waals surface area contributed by atoms with E-state index in [-0.39, 0.29) is 28.8 Å². The van der Waals surface area contributed by atoms with Crippen molar-refractivity contribution in [3.63, 3.8) is 0 Å². The van der Waals surface area contributed by atoms with E-state index in [1.54, 1.807) is 23.9 Å². The maximum absolute atomic E-state index is 13.7. The van der Waals surface area contributed by atoms with Crippen molar-refractivity contribution in [3.8, 4) is 0 Å². The summed E-state index contributed by atoms with van der Waals surface area (Å²) in [6.45, 7) is -0.370. The number of thioether (sulfide) groups is 1. The Kier molecular flexibility index (Phi) is 5.79. The summed E-state index contributed by atoms with van der Waals surface area (Å²) < 4.78 is 55.2. The number of aromatic nitrogens is 1. The fourth-order valence-corrected chi connectivity index (χ4v) is 9.45. The second kappa shape index (κ2) is 8.76. The molecule has 2 bridgehead atoms. The number of hydrogen-bond donors (Lipinski definition) is 1. The summed E-state index contributed by atoms with van der Waals surface area (Å²) in [5.41, 5.74) is -0.316. The van der Waals surface area contributed by atoms with Gasteiger partial charge in [-0.25, -0.2) is 4.39 Å². The van der Waals surface area contributed by atoms with Crippen molar-refractivity contribution < 1.29 is 22.4 Å². The van der Waals surface area contributed by atoms with Crippen molar-refractivity contribution in [1.82, 2.24) is 4.57 Å². The third-order valence-electron chi connectivity index (χ3n) is 7.73. The van der Waals surface area contributed by atoms with Crippen molar-refractivity contribution in [2.75, 3.05) is 5.32 Å². The summed E-state index contributed by atoms with van der Waals surface area (Å²) in [6.07, 6.45) is -1.20. The first-order valence-corrected chi connectivity index (χ1v) is 13.5. The lowest BCUT2D eigenvalue weighted by Crippen LogP contribution is -2.35. The first-order chi connectivity index (χ1) is 17.2. The Labute approximate surface area is 212 Å². The summed E-state index contributed by atoms with van der Waals surface area (Å²) in [5, 5.41) is 3.35. The van der Waals surface area contributed by atoms with Gasteiger partial charge in [-0.2, -0.15) is 13.2 Å².